The fourth-order valence-corrected chi connectivity index (χ4v) is 1.37. The van der Waals surface area contributed by atoms with Crippen LogP contribution in [0.25, 0.3) is 6.08 Å². The number of rotatable bonds is 2. The second kappa shape index (κ2) is 4.43. The van der Waals surface area contributed by atoms with Crippen molar-refractivity contribution in [2.75, 3.05) is 6.61 Å². The normalized spacial score (nSPS) is 10.9. The van der Waals surface area contributed by atoms with Crippen LogP contribution < -0.4 is 0 Å². The van der Waals surface area contributed by atoms with Gasteiger partial charge in [-0.25, -0.2) is 0 Å². The van der Waals surface area contributed by atoms with Crippen LogP contribution in [0.2, 0.25) is 0 Å². The highest BCUT2D eigenvalue weighted by Gasteiger charge is 1.96. The Morgan fingerprint density at radius 3 is 2.92 bits per heavy atom. The molecule has 2 heteroatoms. The maximum atomic E-state index is 8.59. The van der Waals surface area contributed by atoms with E-state index in [2.05, 4.69) is 15.9 Å². The van der Waals surface area contributed by atoms with Gasteiger partial charge >= 0.3 is 0 Å². The van der Waals surface area contributed by atoms with Crippen molar-refractivity contribution < 1.29 is 5.11 Å². The van der Waals surface area contributed by atoms with Gasteiger partial charge in [-0.05, 0) is 24.1 Å². The largest absolute Gasteiger partial charge is 0.392 e. The van der Waals surface area contributed by atoms with Gasteiger partial charge in [-0.15, -0.1) is 0 Å². The summed E-state index contributed by atoms with van der Waals surface area (Å²) in [5.74, 6) is 0. The first-order valence-corrected chi connectivity index (χ1v) is 4.57. The molecule has 64 valence electrons. The van der Waals surface area contributed by atoms with Crippen molar-refractivity contribution in [2.45, 2.75) is 6.92 Å². The fourth-order valence-electron chi connectivity index (χ4n) is 0.984. The molecule has 0 aromatic heterocycles. The van der Waals surface area contributed by atoms with Crippen molar-refractivity contribution in [2.24, 2.45) is 0 Å². The third-order valence-corrected chi connectivity index (χ3v) is 2.57. The lowest BCUT2D eigenvalue weighted by atomic mass is 10.1. The molecule has 0 heterocycles. The van der Waals surface area contributed by atoms with Crippen LogP contribution in [0.15, 0.2) is 28.7 Å². The van der Waals surface area contributed by atoms with Crippen LogP contribution >= 0.6 is 15.9 Å². The fraction of sp³-hybridized carbons (Fsp3) is 0.200. The summed E-state index contributed by atoms with van der Waals surface area (Å²) in [6, 6.07) is 6.01. The summed E-state index contributed by atoms with van der Waals surface area (Å²) in [6.45, 7) is 2.13. The van der Waals surface area contributed by atoms with Crippen LogP contribution in [0.1, 0.15) is 11.1 Å². The molecule has 1 rings (SSSR count). The van der Waals surface area contributed by atoms with Gasteiger partial charge in [-0.1, -0.05) is 40.2 Å². The van der Waals surface area contributed by atoms with Crippen LogP contribution in [-0.2, 0) is 0 Å². The van der Waals surface area contributed by atoms with E-state index < -0.39 is 0 Å². The van der Waals surface area contributed by atoms with Crippen LogP contribution in [0.4, 0.5) is 0 Å². The lowest BCUT2D eigenvalue weighted by molar-refractivity contribution is 0.343. The molecule has 0 saturated heterocycles. The molecule has 0 fully saturated rings. The predicted octanol–water partition coefficient (Wildman–Crippen LogP) is 2.76. The SMILES string of the molecule is Cc1c(Br)cccc1/C=C/CO. The Kier molecular flexibility index (Phi) is 3.50. The summed E-state index contributed by atoms with van der Waals surface area (Å²) in [6.07, 6.45) is 3.65. The minimum absolute atomic E-state index is 0.0892. The van der Waals surface area contributed by atoms with Crippen molar-refractivity contribution in [3.8, 4) is 0 Å². The molecule has 0 atom stereocenters. The van der Waals surface area contributed by atoms with Gasteiger partial charge in [0.05, 0.1) is 6.61 Å². The van der Waals surface area contributed by atoms with E-state index in [0.717, 1.165) is 10.0 Å². The topological polar surface area (TPSA) is 20.2 Å². The molecule has 0 amide bonds. The van der Waals surface area contributed by atoms with E-state index in [0.29, 0.717) is 0 Å². The molecule has 1 N–H and O–H groups in total. The smallest absolute Gasteiger partial charge is 0.0615 e. The number of halogens is 1. The highest BCUT2D eigenvalue weighted by Crippen LogP contribution is 2.20. The first-order chi connectivity index (χ1) is 5.75. The van der Waals surface area contributed by atoms with Gasteiger partial charge in [0.25, 0.3) is 0 Å². The average molecular weight is 227 g/mol. The second-order valence-electron chi connectivity index (χ2n) is 2.54. The Hall–Kier alpha value is -0.600. The zero-order valence-electron chi connectivity index (χ0n) is 6.92. The third-order valence-electron chi connectivity index (χ3n) is 1.71. The molecular formula is C10H11BrO. The minimum atomic E-state index is 0.0892. The minimum Gasteiger partial charge on any atom is -0.392 e. The van der Waals surface area contributed by atoms with E-state index in [9.17, 15) is 0 Å². The summed E-state index contributed by atoms with van der Waals surface area (Å²) in [4.78, 5) is 0. The monoisotopic (exact) mass is 226 g/mol. The van der Waals surface area contributed by atoms with E-state index in [1.807, 2.05) is 31.2 Å². The molecule has 0 aliphatic carbocycles. The second-order valence-corrected chi connectivity index (χ2v) is 3.39. The van der Waals surface area contributed by atoms with Crippen molar-refractivity contribution in [1.29, 1.82) is 0 Å². The van der Waals surface area contributed by atoms with E-state index in [4.69, 9.17) is 5.11 Å². The lowest BCUT2D eigenvalue weighted by Gasteiger charge is -2.01. The number of benzene rings is 1. The van der Waals surface area contributed by atoms with Crippen molar-refractivity contribution in [1.82, 2.24) is 0 Å². The molecule has 0 saturated carbocycles. The first-order valence-electron chi connectivity index (χ1n) is 3.78. The van der Waals surface area contributed by atoms with Crippen LogP contribution in [0.5, 0.6) is 0 Å². The van der Waals surface area contributed by atoms with Gasteiger partial charge in [0.2, 0.25) is 0 Å². The first kappa shape index (κ1) is 9.49. The molecule has 1 nitrogen and oxygen atoms in total. The van der Waals surface area contributed by atoms with E-state index in [1.54, 1.807) is 6.08 Å². The molecule has 1 aromatic carbocycles. The zero-order chi connectivity index (χ0) is 8.97. The summed E-state index contributed by atoms with van der Waals surface area (Å²) in [7, 11) is 0. The maximum absolute atomic E-state index is 8.59. The Bertz CT molecular complexity index is 292. The molecule has 1 aromatic rings. The van der Waals surface area contributed by atoms with Gasteiger partial charge < -0.3 is 5.11 Å². The van der Waals surface area contributed by atoms with Crippen LogP contribution in [0, 0.1) is 6.92 Å². The highest BCUT2D eigenvalue weighted by molar-refractivity contribution is 9.10. The van der Waals surface area contributed by atoms with Gasteiger partial charge in [0.15, 0.2) is 0 Å². The van der Waals surface area contributed by atoms with E-state index >= 15 is 0 Å². The Morgan fingerprint density at radius 1 is 1.50 bits per heavy atom. The summed E-state index contributed by atoms with van der Waals surface area (Å²) >= 11 is 3.44. The predicted molar refractivity (Wildman–Crippen MR) is 55.0 cm³/mol. The van der Waals surface area contributed by atoms with Crippen LogP contribution in [-0.4, -0.2) is 11.7 Å². The van der Waals surface area contributed by atoms with Gasteiger partial charge in [-0.2, -0.15) is 0 Å². The Morgan fingerprint density at radius 2 is 2.25 bits per heavy atom. The molecule has 0 unspecified atom stereocenters. The Labute approximate surface area is 80.9 Å². The zero-order valence-corrected chi connectivity index (χ0v) is 8.51. The highest BCUT2D eigenvalue weighted by atomic mass is 79.9. The molecule has 0 bridgehead atoms. The molecule has 0 aliphatic rings. The maximum Gasteiger partial charge on any atom is 0.0615 e. The number of aliphatic hydroxyl groups excluding tert-OH is 1. The van der Waals surface area contributed by atoms with Crippen molar-refractivity contribution in [3.05, 3.63) is 39.9 Å². The molecule has 12 heavy (non-hydrogen) atoms. The van der Waals surface area contributed by atoms with Gasteiger partial charge in [0, 0.05) is 4.47 Å². The van der Waals surface area contributed by atoms with E-state index in [-0.39, 0.29) is 6.61 Å². The molecule has 0 aliphatic heterocycles. The summed E-state index contributed by atoms with van der Waals surface area (Å²) in [5, 5.41) is 8.59. The van der Waals surface area contributed by atoms with E-state index in [1.165, 1.54) is 5.56 Å². The molecular weight excluding hydrogens is 216 g/mol. The molecule has 0 spiro atoms. The van der Waals surface area contributed by atoms with Crippen molar-refractivity contribution in [3.63, 3.8) is 0 Å². The van der Waals surface area contributed by atoms with Crippen molar-refractivity contribution >= 4 is 22.0 Å². The number of hydrogen-bond donors (Lipinski definition) is 1. The van der Waals surface area contributed by atoms with Crippen LogP contribution in [0.3, 0.4) is 0 Å². The summed E-state index contributed by atoms with van der Waals surface area (Å²) < 4.78 is 1.10. The molecule has 0 radical (unpaired) electrons. The van der Waals surface area contributed by atoms with Gasteiger partial charge in [-0.3, -0.25) is 0 Å². The average Bonchev–Trinajstić information content (AvgIpc) is 2.08. The number of aliphatic hydroxyl groups is 1. The van der Waals surface area contributed by atoms with Gasteiger partial charge in [0.1, 0.15) is 0 Å². The third kappa shape index (κ3) is 2.19. The standard InChI is InChI=1S/C10H11BrO/c1-8-9(5-3-7-12)4-2-6-10(8)11/h2-6,12H,7H2,1H3/b5-3+. The Balaban J connectivity index is 3.00. The quantitative estimate of drug-likeness (QED) is 0.823. The lowest BCUT2D eigenvalue weighted by Crippen LogP contribution is -1.82. The number of hydrogen-bond acceptors (Lipinski definition) is 1. The summed E-state index contributed by atoms with van der Waals surface area (Å²) in [5.41, 5.74) is 2.33.